The normalized spacial score (nSPS) is 10.4. The van der Waals surface area contributed by atoms with E-state index in [0.717, 1.165) is 5.69 Å². The van der Waals surface area contributed by atoms with Gasteiger partial charge < -0.3 is 10.4 Å². The van der Waals surface area contributed by atoms with Crippen LogP contribution in [0.25, 0.3) is 0 Å². The third kappa shape index (κ3) is 3.19. The Labute approximate surface area is 119 Å². The molecule has 0 aliphatic carbocycles. The van der Waals surface area contributed by atoms with E-state index in [4.69, 9.17) is 39.9 Å². The van der Waals surface area contributed by atoms with Crippen LogP contribution in [0.3, 0.4) is 0 Å². The first kappa shape index (κ1) is 13.3. The molecule has 0 atom stereocenters. The molecule has 0 spiro atoms. The number of aromatic nitrogens is 1. The van der Waals surface area contributed by atoms with E-state index in [1.165, 1.54) is 6.20 Å². The molecule has 0 amide bonds. The molecule has 2 aromatic rings. The van der Waals surface area contributed by atoms with Gasteiger partial charge >= 0.3 is 0 Å². The van der Waals surface area contributed by atoms with Crippen LogP contribution in [0.1, 0.15) is 5.69 Å². The van der Waals surface area contributed by atoms with Crippen LogP contribution in [0.15, 0.2) is 30.5 Å². The van der Waals surface area contributed by atoms with Crippen molar-refractivity contribution in [3.05, 3.63) is 51.2 Å². The van der Waals surface area contributed by atoms with Crippen molar-refractivity contribution in [3.63, 3.8) is 0 Å². The summed E-state index contributed by atoms with van der Waals surface area (Å²) < 4.78 is 0. The zero-order valence-electron chi connectivity index (χ0n) is 9.12. The van der Waals surface area contributed by atoms with Crippen LogP contribution in [0, 0.1) is 0 Å². The first-order valence-corrected chi connectivity index (χ1v) is 6.22. The van der Waals surface area contributed by atoms with E-state index in [2.05, 4.69) is 10.3 Å². The highest BCUT2D eigenvalue weighted by molar-refractivity contribution is 6.44. The number of benzene rings is 1. The van der Waals surface area contributed by atoms with Gasteiger partial charge in [-0.3, -0.25) is 4.98 Å². The van der Waals surface area contributed by atoms with E-state index in [1.807, 2.05) is 0 Å². The van der Waals surface area contributed by atoms with Crippen molar-refractivity contribution >= 4 is 40.5 Å². The van der Waals surface area contributed by atoms with E-state index < -0.39 is 0 Å². The molecule has 0 radical (unpaired) electrons. The molecule has 18 heavy (non-hydrogen) atoms. The minimum Gasteiger partial charge on any atom is -0.506 e. The van der Waals surface area contributed by atoms with Crippen molar-refractivity contribution in [3.8, 4) is 5.75 Å². The van der Waals surface area contributed by atoms with Crippen molar-refractivity contribution in [1.29, 1.82) is 0 Å². The van der Waals surface area contributed by atoms with E-state index in [9.17, 15) is 0 Å². The van der Waals surface area contributed by atoms with Gasteiger partial charge in [0.05, 0.1) is 39.2 Å². The van der Waals surface area contributed by atoms with Crippen molar-refractivity contribution in [2.24, 2.45) is 0 Å². The summed E-state index contributed by atoms with van der Waals surface area (Å²) in [7, 11) is 0. The lowest BCUT2D eigenvalue weighted by Crippen LogP contribution is -2.01. The minimum atomic E-state index is 0.131. The fraction of sp³-hybridized carbons (Fsp3) is 0.0833. The molecule has 0 aliphatic heterocycles. The number of nitrogens with zero attached hydrogens (tertiary/aromatic N) is 1. The molecule has 3 nitrogen and oxygen atoms in total. The van der Waals surface area contributed by atoms with Gasteiger partial charge in [0.1, 0.15) is 5.75 Å². The molecule has 0 saturated carbocycles. The predicted molar refractivity (Wildman–Crippen MR) is 74.7 cm³/mol. The van der Waals surface area contributed by atoms with Gasteiger partial charge in [-0.15, -0.1) is 0 Å². The second kappa shape index (κ2) is 5.65. The Morgan fingerprint density at radius 2 is 1.78 bits per heavy atom. The van der Waals surface area contributed by atoms with Crippen LogP contribution in [0.5, 0.6) is 5.75 Å². The standard InChI is InChI=1S/C12H9Cl3N2O/c13-9-3-11(15)12(4-10(9)14)17-5-7-1-2-8(18)6-16-7/h1-4,6,17-18H,5H2. The van der Waals surface area contributed by atoms with Crippen LogP contribution >= 0.6 is 34.8 Å². The van der Waals surface area contributed by atoms with Crippen molar-refractivity contribution in [2.45, 2.75) is 6.54 Å². The Kier molecular flexibility index (Phi) is 4.17. The van der Waals surface area contributed by atoms with Gasteiger partial charge in [0, 0.05) is 0 Å². The Morgan fingerprint density at radius 3 is 2.44 bits per heavy atom. The number of rotatable bonds is 3. The van der Waals surface area contributed by atoms with Gasteiger partial charge in [0.25, 0.3) is 0 Å². The Bertz CT molecular complexity index is 558. The molecule has 1 aromatic heterocycles. The summed E-state index contributed by atoms with van der Waals surface area (Å²) in [6.07, 6.45) is 1.38. The highest BCUT2D eigenvalue weighted by atomic mass is 35.5. The monoisotopic (exact) mass is 302 g/mol. The van der Waals surface area contributed by atoms with Gasteiger partial charge in [-0.25, -0.2) is 0 Å². The second-order valence-corrected chi connectivity index (χ2v) is 4.83. The van der Waals surface area contributed by atoms with E-state index in [-0.39, 0.29) is 5.75 Å². The van der Waals surface area contributed by atoms with Gasteiger partial charge in [0.2, 0.25) is 0 Å². The number of aromatic hydroxyl groups is 1. The topological polar surface area (TPSA) is 45.1 Å². The van der Waals surface area contributed by atoms with Gasteiger partial charge in [-0.2, -0.15) is 0 Å². The molecule has 0 fully saturated rings. The molecular formula is C12H9Cl3N2O. The summed E-state index contributed by atoms with van der Waals surface area (Å²) >= 11 is 17.8. The molecule has 0 unspecified atom stereocenters. The number of nitrogens with one attached hydrogen (secondary N) is 1. The van der Waals surface area contributed by atoms with Crippen LogP contribution in [0.2, 0.25) is 15.1 Å². The maximum Gasteiger partial charge on any atom is 0.133 e. The van der Waals surface area contributed by atoms with Gasteiger partial charge in [-0.1, -0.05) is 34.8 Å². The zero-order valence-corrected chi connectivity index (χ0v) is 11.4. The molecular weight excluding hydrogens is 295 g/mol. The predicted octanol–water partition coefficient (Wildman–Crippen LogP) is 4.36. The lowest BCUT2D eigenvalue weighted by molar-refractivity contribution is 0.472. The number of hydrogen-bond acceptors (Lipinski definition) is 3. The summed E-state index contributed by atoms with van der Waals surface area (Å²) in [6, 6.07) is 6.53. The van der Waals surface area contributed by atoms with E-state index in [0.29, 0.717) is 27.3 Å². The molecule has 2 N–H and O–H groups in total. The summed E-state index contributed by atoms with van der Waals surface area (Å²) in [6.45, 7) is 0.470. The Hall–Kier alpha value is -1.16. The van der Waals surface area contributed by atoms with Crippen molar-refractivity contribution < 1.29 is 5.11 Å². The van der Waals surface area contributed by atoms with Gasteiger partial charge in [-0.05, 0) is 24.3 Å². The summed E-state index contributed by atoms with van der Waals surface area (Å²) in [5.41, 5.74) is 1.45. The fourth-order valence-corrected chi connectivity index (χ4v) is 1.98. The largest absolute Gasteiger partial charge is 0.506 e. The van der Waals surface area contributed by atoms with Crippen molar-refractivity contribution in [1.82, 2.24) is 4.98 Å². The molecule has 6 heteroatoms. The maximum atomic E-state index is 9.12. The molecule has 0 saturated heterocycles. The SMILES string of the molecule is Oc1ccc(CNc2cc(Cl)c(Cl)cc2Cl)nc1. The summed E-state index contributed by atoms with van der Waals surface area (Å²) in [4.78, 5) is 4.05. The number of anilines is 1. The highest BCUT2D eigenvalue weighted by Crippen LogP contribution is 2.32. The zero-order chi connectivity index (χ0) is 13.1. The van der Waals surface area contributed by atoms with Crippen LogP contribution < -0.4 is 5.32 Å². The quantitative estimate of drug-likeness (QED) is 0.828. The minimum absolute atomic E-state index is 0.131. The maximum absolute atomic E-state index is 9.12. The molecule has 1 heterocycles. The fourth-order valence-electron chi connectivity index (χ4n) is 1.37. The van der Waals surface area contributed by atoms with Gasteiger partial charge in [0.15, 0.2) is 0 Å². The smallest absolute Gasteiger partial charge is 0.133 e. The summed E-state index contributed by atoms with van der Waals surface area (Å²) in [5, 5.41) is 13.5. The first-order valence-electron chi connectivity index (χ1n) is 5.08. The van der Waals surface area contributed by atoms with E-state index >= 15 is 0 Å². The molecule has 0 aliphatic rings. The van der Waals surface area contributed by atoms with E-state index in [1.54, 1.807) is 24.3 Å². The molecule has 94 valence electrons. The average molecular weight is 304 g/mol. The van der Waals surface area contributed by atoms with Crippen LogP contribution in [-0.2, 0) is 6.54 Å². The Morgan fingerprint density at radius 1 is 1.06 bits per heavy atom. The molecule has 2 rings (SSSR count). The third-order valence-electron chi connectivity index (χ3n) is 2.28. The third-order valence-corrected chi connectivity index (χ3v) is 3.31. The number of hydrogen-bond donors (Lipinski definition) is 2. The van der Waals surface area contributed by atoms with Crippen LogP contribution in [0.4, 0.5) is 5.69 Å². The first-order chi connectivity index (χ1) is 8.56. The summed E-state index contributed by atoms with van der Waals surface area (Å²) in [5.74, 6) is 0.131. The lowest BCUT2D eigenvalue weighted by Gasteiger charge is -2.09. The molecule has 1 aromatic carbocycles. The average Bonchev–Trinajstić information content (AvgIpc) is 2.34. The highest BCUT2D eigenvalue weighted by Gasteiger charge is 2.06. The van der Waals surface area contributed by atoms with Crippen molar-refractivity contribution in [2.75, 3.05) is 5.32 Å². The second-order valence-electron chi connectivity index (χ2n) is 3.61. The number of pyridine rings is 1. The van der Waals surface area contributed by atoms with Crippen LogP contribution in [-0.4, -0.2) is 10.1 Å². The Balaban J connectivity index is 2.10. The molecule has 0 bridgehead atoms. The number of halogens is 3. The lowest BCUT2D eigenvalue weighted by atomic mass is 10.3.